The van der Waals surface area contributed by atoms with Gasteiger partial charge in [-0.2, -0.15) is 0 Å². The number of ether oxygens (including phenoxy) is 1. The van der Waals surface area contributed by atoms with Crippen molar-refractivity contribution in [1.82, 2.24) is 20.2 Å². The first kappa shape index (κ1) is 22.3. The normalized spacial score (nSPS) is 12.2. The Labute approximate surface area is 173 Å². The Morgan fingerprint density at radius 1 is 1.35 bits per heavy atom. The predicted molar refractivity (Wildman–Crippen MR) is 117 cm³/mol. The summed E-state index contributed by atoms with van der Waals surface area (Å²) < 4.78 is 8.09. The van der Waals surface area contributed by atoms with Crippen molar-refractivity contribution >= 4 is 29.9 Å². The molecule has 0 aliphatic heterocycles. The molecule has 0 amide bonds. The number of nitrogens with zero attached hydrogens (tertiary/aromatic N) is 3. The minimum absolute atomic E-state index is 0. The SMILES string of the molecule is CCC(C)Oc1cc(C)ccc1CNC(=NC)NCCn1ccnc1.I. The second-order valence-corrected chi connectivity index (χ2v) is 6.10. The first-order chi connectivity index (χ1) is 12.1. The number of benzene rings is 1. The lowest BCUT2D eigenvalue weighted by Crippen LogP contribution is -2.38. The van der Waals surface area contributed by atoms with E-state index in [0.717, 1.165) is 36.8 Å². The van der Waals surface area contributed by atoms with E-state index in [0.29, 0.717) is 6.54 Å². The third-order valence-corrected chi connectivity index (χ3v) is 4.02. The lowest BCUT2D eigenvalue weighted by molar-refractivity contribution is 0.215. The number of hydrogen-bond acceptors (Lipinski definition) is 3. The predicted octanol–water partition coefficient (Wildman–Crippen LogP) is 3.35. The smallest absolute Gasteiger partial charge is 0.191 e. The van der Waals surface area contributed by atoms with Crippen molar-refractivity contribution in [2.75, 3.05) is 13.6 Å². The van der Waals surface area contributed by atoms with Crippen molar-refractivity contribution in [3.05, 3.63) is 48.0 Å². The highest BCUT2D eigenvalue weighted by atomic mass is 127. The molecule has 26 heavy (non-hydrogen) atoms. The van der Waals surface area contributed by atoms with Gasteiger partial charge in [0.15, 0.2) is 5.96 Å². The Morgan fingerprint density at radius 2 is 2.15 bits per heavy atom. The number of aryl methyl sites for hydroxylation is 1. The minimum Gasteiger partial charge on any atom is -0.490 e. The third-order valence-electron chi connectivity index (χ3n) is 4.02. The van der Waals surface area contributed by atoms with Crippen LogP contribution < -0.4 is 15.4 Å². The van der Waals surface area contributed by atoms with E-state index < -0.39 is 0 Å². The molecule has 2 N–H and O–H groups in total. The Balaban J connectivity index is 0.00000338. The molecule has 0 aliphatic carbocycles. The minimum atomic E-state index is 0. The van der Waals surface area contributed by atoms with E-state index in [1.807, 2.05) is 17.1 Å². The molecular weight excluding hydrogens is 441 g/mol. The van der Waals surface area contributed by atoms with Gasteiger partial charge in [-0.3, -0.25) is 4.99 Å². The molecule has 1 heterocycles. The van der Waals surface area contributed by atoms with Gasteiger partial charge in [-0.1, -0.05) is 19.1 Å². The van der Waals surface area contributed by atoms with Crippen LogP contribution in [0.3, 0.4) is 0 Å². The quantitative estimate of drug-likeness (QED) is 0.352. The monoisotopic (exact) mass is 471 g/mol. The summed E-state index contributed by atoms with van der Waals surface area (Å²) in [5.41, 5.74) is 2.33. The fraction of sp³-hybridized carbons (Fsp3) is 0.474. The fourth-order valence-electron chi connectivity index (χ4n) is 2.34. The molecule has 2 aromatic rings. The van der Waals surface area contributed by atoms with E-state index in [-0.39, 0.29) is 30.1 Å². The van der Waals surface area contributed by atoms with Gasteiger partial charge < -0.3 is 19.9 Å². The number of imidazole rings is 1. The van der Waals surface area contributed by atoms with E-state index in [1.165, 1.54) is 5.56 Å². The van der Waals surface area contributed by atoms with Crippen LogP contribution in [0.5, 0.6) is 5.75 Å². The zero-order valence-corrected chi connectivity index (χ0v) is 18.4. The number of halogens is 1. The molecule has 0 fully saturated rings. The summed E-state index contributed by atoms with van der Waals surface area (Å²) in [6.45, 7) is 8.59. The Hall–Kier alpha value is -1.77. The Kier molecular flexibility index (Phi) is 10.1. The van der Waals surface area contributed by atoms with Crippen LogP contribution in [0.15, 0.2) is 41.9 Å². The number of hydrogen-bond donors (Lipinski definition) is 2. The molecule has 2 rings (SSSR count). The van der Waals surface area contributed by atoms with Gasteiger partial charge in [0.2, 0.25) is 0 Å². The molecule has 1 unspecified atom stereocenters. The number of rotatable bonds is 8. The fourth-order valence-corrected chi connectivity index (χ4v) is 2.34. The molecule has 0 spiro atoms. The van der Waals surface area contributed by atoms with Crippen molar-refractivity contribution in [2.45, 2.75) is 46.4 Å². The molecular formula is C19H30IN5O. The van der Waals surface area contributed by atoms with Gasteiger partial charge in [0, 0.05) is 44.6 Å². The summed E-state index contributed by atoms with van der Waals surface area (Å²) in [7, 11) is 1.78. The average Bonchev–Trinajstić information content (AvgIpc) is 3.12. The maximum absolute atomic E-state index is 6.06. The maximum Gasteiger partial charge on any atom is 0.191 e. The van der Waals surface area contributed by atoms with Crippen molar-refractivity contribution in [3.63, 3.8) is 0 Å². The van der Waals surface area contributed by atoms with Gasteiger partial charge >= 0.3 is 0 Å². The summed E-state index contributed by atoms with van der Waals surface area (Å²) >= 11 is 0. The van der Waals surface area contributed by atoms with Crippen LogP contribution in [0.4, 0.5) is 0 Å². The van der Waals surface area contributed by atoms with Crippen molar-refractivity contribution in [3.8, 4) is 5.75 Å². The molecule has 0 saturated carbocycles. The molecule has 0 aliphatic rings. The van der Waals surface area contributed by atoms with Crippen molar-refractivity contribution in [1.29, 1.82) is 0 Å². The van der Waals surface area contributed by atoms with Crippen LogP contribution in [-0.2, 0) is 13.1 Å². The zero-order chi connectivity index (χ0) is 18.1. The van der Waals surface area contributed by atoms with Gasteiger partial charge in [-0.15, -0.1) is 24.0 Å². The molecule has 7 heteroatoms. The molecule has 0 bridgehead atoms. The molecule has 144 valence electrons. The molecule has 1 aromatic heterocycles. The summed E-state index contributed by atoms with van der Waals surface area (Å²) in [5.74, 6) is 1.71. The molecule has 1 aromatic carbocycles. The Morgan fingerprint density at radius 3 is 2.81 bits per heavy atom. The van der Waals surface area contributed by atoms with E-state index in [4.69, 9.17) is 4.74 Å². The molecule has 0 saturated heterocycles. The standard InChI is InChI=1S/C19H29N5O.HI/c1-5-16(3)25-18-12-15(2)6-7-17(18)13-23-19(20-4)22-9-11-24-10-8-21-14-24;/h6-8,10,12,14,16H,5,9,11,13H2,1-4H3,(H2,20,22,23);1H. The second-order valence-electron chi connectivity index (χ2n) is 6.10. The topological polar surface area (TPSA) is 63.5 Å². The van der Waals surface area contributed by atoms with E-state index in [2.05, 4.69) is 59.6 Å². The van der Waals surface area contributed by atoms with Crippen LogP contribution in [0, 0.1) is 6.92 Å². The highest BCUT2D eigenvalue weighted by Crippen LogP contribution is 2.22. The molecule has 0 radical (unpaired) electrons. The highest BCUT2D eigenvalue weighted by molar-refractivity contribution is 14.0. The van der Waals surface area contributed by atoms with E-state index >= 15 is 0 Å². The molecule has 6 nitrogen and oxygen atoms in total. The van der Waals surface area contributed by atoms with Gasteiger partial charge in [0.25, 0.3) is 0 Å². The first-order valence-corrected chi connectivity index (χ1v) is 8.78. The largest absolute Gasteiger partial charge is 0.490 e. The van der Waals surface area contributed by atoms with Crippen LogP contribution >= 0.6 is 24.0 Å². The summed E-state index contributed by atoms with van der Waals surface area (Å²) in [6.07, 6.45) is 6.72. The highest BCUT2D eigenvalue weighted by Gasteiger charge is 2.08. The number of aliphatic imine (C=N–C) groups is 1. The van der Waals surface area contributed by atoms with E-state index in [9.17, 15) is 0 Å². The van der Waals surface area contributed by atoms with Gasteiger partial charge in [-0.25, -0.2) is 4.98 Å². The van der Waals surface area contributed by atoms with Crippen molar-refractivity contribution in [2.24, 2.45) is 4.99 Å². The number of nitrogens with one attached hydrogen (secondary N) is 2. The van der Waals surface area contributed by atoms with Crippen molar-refractivity contribution < 1.29 is 4.74 Å². The lowest BCUT2D eigenvalue weighted by Gasteiger charge is -2.18. The van der Waals surface area contributed by atoms with Gasteiger partial charge in [0.1, 0.15) is 5.75 Å². The third kappa shape index (κ3) is 7.23. The van der Waals surface area contributed by atoms with Gasteiger partial charge in [0.05, 0.1) is 12.4 Å². The first-order valence-electron chi connectivity index (χ1n) is 8.78. The maximum atomic E-state index is 6.06. The second kappa shape index (κ2) is 11.8. The Bertz CT molecular complexity index is 673. The molecule has 1 atom stereocenters. The average molecular weight is 471 g/mol. The van der Waals surface area contributed by atoms with Crippen LogP contribution in [0.2, 0.25) is 0 Å². The van der Waals surface area contributed by atoms with Crippen LogP contribution in [0.1, 0.15) is 31.4 Å². The summed E-state index contributed by atoms with van der Waals surface area (Å²) in [4.78, 5) is 8.31. The van der Waals surface area contributed by atoms with Gasteiger partial charge in [-0.05, 0) is 31.9 Å². The number of guanidine groups is 1. The zero-order valence-electron chi connectivity index (χ0n) is 16.0. The number of aromatic nitrogens is 2. The summed E-state index contributed by atoms with van der Waals surface area (Å²) in [6, 6.07) is 6.31. The van der Waals surface area contributed by atoms with E-state index in [1.54, 1.807) is 13.2 Å². The lowest BCUT2D eigenvalue weighted by atomic mass is 10.1. The van der Waals surface area contributed by atoms with Crippen LogP contribution in [-0.4, -0.2) is 35.2 Å². The summed E-state index contributed by atoms with van der Waals surface area (Å²) in [5, 5.41) is 6.66. The van der Waals surface area contributed by atoms with Crippen LogP contribution in [0.25, 0.3) is 0 Å².